The Labute approximate surface area is 182 Å². The Morgan fingerprint density at radius 2 is 1.62 bits per heavy atom. The third-order valence-corrected chi connectivity index (χ3v) is 10.3. The molecule has 1 heterocycles. The van der Waals surface area contributed by atoms with Gasteiger partial charge in [-0.3, -0.25) is 4.79 Å². The van der Waals surface area contributed by atoms with Crippen LogP contribution in [0, 0.1) is 17.3 Å². The topological polar surface area (TPSA) is 57.7 Å². The molecule has 0 spiro atoms. The Hall–Kier alpha value is -0.920. The Kier molecular flexibility index (Phi) is 4.87. The number of halogens is 1. The summed E-state index contributed by atoms with van der Waals surface area (Å²) in [5.41, 5.74) is 0.598. The molecule has 5 fully saturated rings. The fourth-order valence-corrected chi connectivity index (χ4v) is 9.75. The molecule has 0 aromatic heterocycles. The smallest absolute Gasteiger partial charge is 0.228 e. The molecule has 4 saturated carbocycles. The van der Waals surface area contributed by atoms with Crippen molar-refractivity contribution >= 4 is 31.9 Å². The summed E-state index contributed by atoms with van der Waals surface area (Å²) in [5.74, 6) is 1.66. The summed E-state index contributed by atoms with van der Waals surface area (Å²) in [6.45, 7) is 1.84. The van der Waals surface area contributed by atoms with Gasteiger partial charge in [-0.2, -0.15) is 4.31 Å². The van der Waals surface area contributed by atoms with E-state index in [0.717, 1.165) is 24.8 Å². The third-order valence-electron chi connectivity index (χ3n) is 7.55. The number of nitrogens with zero attached hydrogens (tertiary/aromatic N) is 2. The molecule has 0 N–H and O–H groups in total. The lowest BCUT2D eigenvalue weighted by Gasteiger charge is -2.60. The lowest BCUT2D eigenvalue weighted by molar-refractivity contribution is -0.156. The van der Waals surface area contributed by atoms with Crippen molar-refractivity contribution in [2.75, 3.05) is 26.2 Å². The van der Waals surface area contributed by atoms with Crippen LogP contribution >= 0.6 is 15.9 Å². The van der Waals surface area contributed by atoms with E-state index in [1.54, 1.807) is 4.31 Å². The SMILES string of the molecule is O=C(N1CCN(S(=O)(=O)Cc2ccccc2)CC1)C12CC3CC(CC(Br)(C3)C1)C2. The molecule has 7 heteroatoms. The number of hydrogen-bond acceptors (Lipinski definition) is 3. The van der Waals surface area contributed by atoms with Crippen LogP contribution in [-0.4, -0.2) is 54.0 Å². The molecule has 1 aromatic rings. The molecule has 2 unspecified atom stereocenters. The molecule has 4 aliphatic carbocycles. The Balaban J connectivity index is 1.25. The van der Waals surface area contributed by atoms with Gasteiger partial charge in [0.15, 0.2) is 0 Å². The summed E-state index contributed by atoms with van der Waals surface area (Å²) in [7, 11) is -3.35. The maximum Gasteiger partial charge on any atom is 0.228 e. The first-order valence-corrected chi connectivity index (χ1v) is 13.2. The molecule has 29 heavy (non-hydrogen) atoms. The van der Waals surface area contributed by atoms with Crippen molar-refractivity contribution in [3.63, 3.8) is 0 Å². The first-order chi connectivity index (χ1) is 13.8. The maximum atomic E-state index is 13.6. The molecule has 1 saturated heterocycles. The van der Waals surface area contributed by atoms with Crippen LogP contribution in [0.25, 0.3) is 0 Å². The lowest BCUT2D eigenvalue weighted by atomic mass is 9.49. The molecule has 0 radical (unpaired) electrons. The van der Waals surface area contributed by atoms with E-state index < -0.39 is 10.0 Å². The van der Waals surface area contributed by atoms with Gasteiger partial charge in [0, 0.05) is 30.5 Å². The summed E-state index contributed by atoms with van der Waals surface area (Å²) in [5, 5.41) is 0. The fraction of sp³-hybridized carbons (Fsp3) is 0.682. The molecule has 6 rings (SSSR count). The van der Waals surface area contributed by atoms with Crippen LogP contribution in [0.2, 0.25) is 0 Å². The fourth-order valence-electron chi connectivity index (χ4n) is 6.78. The monoisotopic (exact) mass is 480 g/mol. The van der Waals surface area contributed by atoms with Crippen molar-refractivity contribution in [3.8, 4) is 0 Å². The largest absolute Gasteiger partial charge is 0.340 e. The van der Waals surface area contributed by atoms with Gasteiger partial charge < -0.3 is 4.90 Å². The summed E-state index contributed by atoms with van der Waals surface area (Å²) >= 11 is 3.99. The van der Waals surface area contributed by atoms with Crippen LogP contribution in [0.3, 0.4) is 0 Å². The Bertz CT molecular complexity index is 882. The molecule has 1 amide bonds. The standard InChI is InChI=1S/C22H29BrN2O3S/c23-22-13-18-10-19(14-22)12-21(11-18,16-22)20(26)24-6-8-25(9-7-24)29(27,28)15-17-4-2-1-3-5-17/h1-5,18-19H,6-16H2. The quantitative estimate of drug-likeness (QED) is 0.620. The van der Waals surface area contributed by atoms with E-state index in [9.17, 15) is 13.2 Å². The first kappa shape index (κ1) is 20.0. The van der Waals surface area contributed by atoms with Gasteiger partial charge in [-0.15, -0.1) is 0 Å². The molecule has 158 valence electrons. The Morgan fingerprint density at radius 3 is 2.21 bits per heavy atom. The summed E-state index contributed by atoms with van der Waals surface area (Å²) < 4.78 is 27.3. The minimum absolute atomic E-state index is 0.0290. The van der Waals surface area contributed by atoms with Crippen molar-refractivity contribution < 1.29 is 13.2 Å². The summed E-state index contributed by atoms with van der Waals surface area (Å²) in [6, 6.07) is 9.32. The number of carbonyl (C=O) groups excluding carboxylic acids is 1. The van der Waals surface area contributed by atoms with Gasteiger partial charge >= 0.3 is 0 Å². The van der Waals surface area contributed by atoms with E-state index in [1.807, 2.05) is 35.2 Å². The number of alkyl halides is 1. The van der Waals surface area contributed by atoms with Crippen molar-refractivity contribution in [1.29, 1.82) is 0 Å². The second-order valence-corrected chi connectivity index (χ2v) is 13.5. The number of benzene rings is 1. The molecular weight excluding hydrogens is 452 g/mol. The van der Waals surface area contributed by atoms with Gasteiger partial charge in [-0.25, -0.2) is 8.42 Å². The van der Waals surface area contributed by atoms with Gasteiger partial charge in [0.25, 0.3) is 0 Å². The van der Waals surface area contributed by atoms with Gasteiger partial charge in [0.2, 0.25) is 15.9 Å². The van der Waals surface area contributed by atoms with Crippen LogP contribution in [-0.2, 0) is 20.6 Å². The van der Waals surface area contributed by atoms with E-state index in [2.05, 4.69) is 15.9 Å². The molecule has 1 aromatic carbocycles. The number of amides is 1. The number of carbonyl (C=O) groups is 1. The van der Waals surface area contributed by atoms with Crippen LogP contribution in [0.4, 0.5) is 0 Å². The van der Waals surface area contributed by atoms with E-state index in [1.165, 1.54) is 19.3 Å². The average Bonchev–Trinajstić information content (AvgIpc) is 2.66. The average molecular weight is 481 g/mol. The molecule has 5 aliphatic rings. The highest BCUT2D eigenvalue weighted by molar-refractivity contribution is 9.10. The molecule has 5 nitrogen and oxygen atoms in total. The minimum atomic E-state index is -3.35. The second kappa shape index (κ2) is 7.06. The molecule has 1 aliphatic heterocycles. The van der Waals surface area contributed by atoms with Crippen molar-refractivity contribution in [3.05, 3.63) is 35.9 Å². The van der Waals surface area contributed by atoms with Crippen LogP contribution in [0.5, 0.6) is 0 Å². The van der Waals surface area contributed by atoms with Crippen molar-refractivity contribution in [2.45, 2.75) is 48.6 Å². The van der Waals surface area contributed by atoms with Crippen molar-refractivity contribution in [2.24, 2.45) is 17.3 Å². The normalized spacial score (nSPS) is 37.1. The molecule has 2 atom stereocenters. The van der Waals surface area contributed by atoms with E-state index >= 15 is 0 Å². The number of piperazine rings is 1. The van der Waals surface area contributed by atoms with Gasteiger partial charge in [0.1, 0.15) is 0 Å². The first-order valence-electron chi connectivity index (χ1n) is 10.8. The third kappa shape index (κ3) is 3.68. The molecule has 4 bridgehead atoms. The second-order valence-electron chi connectivity index (χ2n) is 9.83. The highest BCUT2D eigenvalue weighted by Crippen LogP contribution is 2.64. The van der Waals surface area contributed by atoms with E-state index in [0.29, 0.717) is 38.0 Å². The predicted molar refractivity (Wildman–Crippen MR) is 116 cm³/mol. The summed E-state index contributed by atoms with van der Waals surface area (Å²) in [4.78, 5) is 15.5. The van der Waals surface area contributed by atoms with Gasteiger partial charge in [-0.05, 0) is 55.9 Å². The predicted octanol–water partition coefficient (Wildman–Crippen LogP) is 3.39. The van der Waals surface area contributed by atoms with Crippen molar-refractivity contribution in [1.82, 2.24) is 9.21 Å². The number of hydrogen-bond donors (Lipinski definition) is 0. The number of sulfonamides is 1. The highest BCUT2D eigenvalue weighted by Gasteiger charge is 2.60. The van der Waals surface area contributed by atoms with Gasteiger partial charge in [-0.1, -0.05) is 46.3 Å². The zero-order chi connectivity index (χ0) is 20.3. The maximum absolute atomic E-state index is 13.6. The highest BCUT2D eigenvalue weighted by atomic mass is 79.9. The van der Waals surface area contributed by atoms with E-state index in [4.69, 9.17) is 0 Å². The zero-order valence-electron chi connectivity index (χ0n) is 16.7. The van der Waals surface area contributed by atoms with Crippen LogP contribution in [0.1, 0.15) is 44.1 Å². The Morgan fingerprint density at radius 1 is 1.00 bits per heavy atom. The molecular formula is C22H29BrN2O3S. The summed E-state index contributed by atoms with van der Waals surface area (Å²) in [6.07, 6.45) is 6.73. The zero-order valence-corrected chi connectivity index (χ0v) is 19.1. The number of rotatable bonds is 4. The van der Waals surface area contributed by atoms with Gasteiger partial charge in [0.05, 0.1) is 11.2 Å². The van der Waals surface area contributed by atoms with Crippen LogP contribution < -0.4 is 0 Å². The lowest BCUT2D eigenvalue weighted by Crippen LogP contribution is -2.61. The van der Waals surface area contributed by atoms with Crippen LogP contribution in [0.15, 0.2) is 30.3 Å². The van der Waals surface area contributed by atoms with E-state index in [-0.39, 0.29) is 21.4 Å². The minimum Gasteiger partial charge on any atom is -0.340 e.